The summed E-state index contributed by atoms with van der Waals surface area (Å²) in [6.07, 6.45) is 1.72. The molecule has 1 fully saturated rings. The molecule has 50 valence electrons. The van der Waals surface area contributed by atoms with Gasteiger partial charge in [0.1, 0.15) is 0 Å². The molecule has 0 amide bonds. The van der Waals surface area contributed by atoms with E-state index in [-0.39, 0.29) is 26.7 Å². The molecule has 0 saturated carbocycles. The molecule has 0 unspecified atom stereocenters. The Labute approximate surface area is 72.1 Å². The van der Waals surface area contributed by atoms with E-state index < -0.39 is 11.9 Å². The summed E-state index contributed by atoms with van der Waals surface area (Å²) in [6.45, 7) is 1.70. The van der Waals surface area contributed by atoms with Gasteiger partial charge < -0.3 is 6.16 Å². The summed E-state index contributed by atoms with van der Waals surface area (Å²) in [5.74, 6) is -0.949. The van der Waals surface area contributed by atoms with E-state index in [1.807, 2.05) is 0 Å². The van der Waals surface area contributed by atoms with E-state index in [0.29, 0.717) is 5.57 Å². The van der Waals surface area contributed by atoms with Crippen LogP contribution in [0.25, 0.3) is 0 Å². The average Bonchev–Trinajstić information content (AvgIpc) is 2.10. The third kappa shape index (κ3) is 1.73. The molecule has 1 aliphatic heterocycles. The van der Waals surface area contributed by atoms with E-state index in [0.717, 1.165) is 0 Å². The molecule has 0 aromatic heterocycles. The van der Waals surface area contributed by atoms with Gasteiger partial charge in [-0.2, -0.15) is 0 Å². The van der Waals surface area contributed by atoms with Crippen molar-refractivity contribution in [2.45, 2.75) is 13.3 Å². The minimum atomic E-state index is -0.498. The minimum absolute atomic E-state index is 0. The monoisotopic (exact) mass is 134 g/mol. The number of ether oxygens (including phenoxy) is 1. The Balaban J connectivity index is 0. The van der Waals surface area contributed by atoms with Crippen LogP contribution in [0.3, 0.4) is 0 Å². The first-order valence-electron chi connectivity index (χ1n) is 2.64. The summed E-state index contributed by atoms with van der Waals surface area (Å²) in [7, 11) is 0. The van der Waals surface area contributed by atoms with Crippen molar-refractivity contribution in [1.29, 1.82) is 0 Å². The van der Waals surface area contributed by atoms with Gasteiger partial charge >= 0.3 is 30.8 Å². The van der Waals surface area contributed by atoms with Gasteiger partial charge in [0, 0.05) is 5.57 Å². The molecule has 0 atom stereocenters. The topological polar surface area (TPSA) is 43.4 Å². The van der Waals surface area contributed by atoms with Crippen molar-refractivity contribution in [3.63, 3.8) is 0 Å². The minimum Gasteiger partial charge on any atom is -1.00 e. The van der Waals surface area contributed by atoms with Crippen molar-refractivity contribution < 1.29 is 34.6 Å². The summed E-state index contributed by atoms with van der Waals surface area (Å²) >= 11 is 0. The number of carbonyl (C=O) groups is 2. The van der Waals surface area contributed by atoms with Crippen LogP contribution in [0.15, 0.2) is 11.6 Å². The van der Waals surface area contributed by atoms with Crippen molar-refractivity contribution in [2.75, 3.05) is 0 Å². The molecule has 1 aliphatic rings. The fourth-order valence-corrected chi connectivity index (χ4v) is 0.653. The van der Waals surface area contributed by atoms with Gasteiger partial charge in [-0.25, -0.2) is 4.79 Å². The molecule has 3 nitrogen and oxygen atoms in total. The molecule has 4 heteroatoms. The Bertz CT molecular complexity index is 200. The van der Waals surface area contributed by atoms with Gasteiger partial charge in [-0.05, 0) is 6.92 Å². The van der Waals surface area contributed by atoms with Gasteiger partial charge in [0.2, 0.25) is 0 Å². The van der Waals surface area contributed by atoms with Gasteiger partial charge in [0.05, 0.1) is 6.42 Å². The van der Waals surface area contributed by atoms with Gasteiger partial charge in [-0.15, -0.1) is 0 Å². The summed E-state index contributed by atoms with van der Waals surface area (Å²) in [6, 6.07) is 0. The molecule has 1 saturated heterocycles. The van der Waals surface area contributed by atoms with Crippen LogP contribution in [0.1, 0.15) is 14.8 Å². The van der Waals surface area contributed by atoms with Crippen LogP contribution in [0.2, 0.25) is 0 Å². The summed E-state index contributed by atoms with van der Waals surface area (Å²) < 4.78 is 4.22. The van der Waals surface area contributed by atoms with Gasteiger partial charge in [-0.1, -0.05) is 6.08 Å². The van der Waals surface area contributed by atoms with Crippen LogP contribution in [0, 0.1) is 0 Å². The second kappa shape index (κ2) is 3.60. The number of cyclic esters (lactones) is 2. The Morgan fingerprint density at radius 2 is 2.20 bits per heavy atom. The number of carbonyl (C=O) groups excluding carboxylic acids is 2. The Hall–Kier alpha value is -0.523. The predicted octanol–water partition coefficient (Wildman–Crippen LogP) is -2.48. The molecular weight excluding hydrogens is 127 g/mol. The van der Waals surface area contributed by atoms with Crippen LogP contribution in [0.4, 0.5) is 0 Å². The summed E-state index contributed by atoms with van der Waals surface area (Å²) in [5.41, 5.74) is 0.458. The molecule has 0 aliphatic carbocycles. The molecular formula is C6H7LiO3. The second-order valence-corrected chi connectivity index (χ2v) is 1.75. The quantitative estimate of drug-likeness (QED) is 0.159. The van der Waals surface area contributed by atoms with Crippen molar-refractivity contribution in [1.82, 2.24) is 0 Å². The number of allylic oxidation sites excluding steroid dienone is 1. The number of hydrogen-bond donors (Lipinski definition) is 0. The van der Waals surface area contributed by atoms with E-state index in [2.05, 4.69) is 4.74 Å². The van der Waals surface area contributed by atoms with E-state index in [1.54, 1.807) is 13.0 Å². The largest absolute Gasteiger partial charge is 1.00 e. The first-order chi connectivity index (χ1) is 4.24. The zero-order chi connectivity index (χ0) is 6.85. The molecule has 1 rings (SSSR count). The second-order valence-electron chi connectivity index (χ2n) is 1.75. The van der Waals surface area contributed by atoms with Gasteiger partial charge in [-0.3, -0.25) is 4.79 Å². The van der Waals surface area contributed by atoms with Crippen molar-refractivity contribution in [3.05, 3.63) is 11.6 Å². The zero-order valence-corrected chi connectivity index (χ0v) is 6.01. The smallest absolute Gasteiger partial charge is 1.00 e. The fourth-order valence-electron chi connectivity index (χ4n) is 0.653. The van der Waals surface area contributed by atoms with Crippen LogP contribution in [-0.4, -0.2) is 11.9 Å². The standard InChI is InChI=1S/C6H6O3.Li.H/c1-2-4-3-5(7)9-6(4)8;;/h2H,3H2,1H3;;/q;+1;-1. The number of esters is 2. The Kier molecular flexibility index (Phi) is 3.41. The molecule has 0 N–H and O–H groups in total. The van der Waals surface area contributed by atoms with Gasteiger partial charge in [0.15, 0.2) is 0 Å². The number of rotatable bonds is 0. The molecule has 1 heterocycles. The third-order valence-electron chi connectivity index (χ3n) is 1.15. The average molecular weight is 134 g/mol. The molecule has 0 bridgehead atoms. The van der Waals surface area contributed by atoms with Crippen LogP contribution in [-0.2, 0) is 14.3 Å². The van der Waals surface area contributed by atoms with Crippen molar-refractivity contribution in [3.8, 4) is 0 Å². The molecule has 0 aromatic rings. The maximum atomic E-state index is 10.5. The van der Waals surface area contributed by atoms with Crippen LogP contribution >= 0.6 is 0 Å². The molecule has 0 radical (unpaired) electrons. The first kappa shape index (κ1) is 9.48. The summed E-state index contributed by atoms with van der Waals surface area (Å²) in [4.78, 5) is 20.8. The van der Waals surface area contributed by atoms with Crippen molar-refractivity contribution >= 4 is 11.9 Å². The van der Waals surface area contributed by atoms with Gasteiger partial charge in [0.25, 0.3) is 0 Å². The van der Waals surface area contributed by atoms with E-state index in [9.17, 15) is 9.59 Å². The summed E-state index contributed by atoms with van der Waals surface area (Å²) in [5, 5.41) is 0. The Morgan fingerprint density at radius 3 is 2.40 bits per heavy atom. The SMILES string of the molecule is CC=C1CC(=O)OC1=O.[H-].[Li+]. The maximum Gasteiger partial charge on any atom is 1.00 e. The van der Waals surface area contributed by atoms with Crippen LogP contribution in [0.5, 0.6) is 0 Å². The fraction of sp³-hybridized carbons (Fsp3) is 0.333. The third-order valence-corrected chi connectivity index (χ3v) is 1.15. The molecule has 10 heavy (non-hydrogen) atoms. The van der Waals surface area contributed by atoms with Crippen LogP contribution < -0.4 is 18.9 Å². The van der Waals surface area contributed by atoms with E-state index in [1.165, 1.54) is 0 Å². The predicted molar refractivity (Wildman–Crippen MR) is 30.6 cm³/mol. The normalized spacial score (nSPS) is 20.7. The van der Waals surface area contributed by atoms with Crippen molar-refractivity contribution in [2.24, 2.45) is 0 Å². The maximum absolute atomic E-state index is 10.5. The van der Waals surface area contributed by atoms with E-state index >= 15 is 0 Å². The van der Waals surface area contributed by atoms with E-state index in [4.69, 9.17) is 0 Å². The Morgan fingerprint density at radius 1 is 1.60 bits per heavy atom. The number of hydrogen-bond acceptors (Lipinski definition) is 3. The first-order valence-corrected chi connectivity index (χ1v) is 2.64. The zero-order valence-electron chi connectivity index (χ0n) is 7.01. The molecule has 0 spiro atoms. The molecule has 0 aromatic carbocycles.